The van der Waals surface area contributed by atoms with Crippen molar-refractivity contribution >= 4 is 17.6 Å². The molecule has 1 aromatic rings. The molecule has 0 aliphatic carbocycles. The SMILES string of the molecule is Cc1ccc(C)c(C(=O)N2CCN(C(=O)C3=CC(=O)CC(C)(C)O3)[C@H](C)[C@H]2C)c1. The van der Waals surface area contributed by atoms with E-state index in [-0.39, 0.29) is 41.9 Å². The molecule has 156 valence electrons. The molecule has 2 aliphatic heterocycles. The quantitative estimate of drug-likeness (QED) is 0.768. The molecular weight excluding hydrogens is 368 g/mol. The first-order valence-corrected chi connectivity index (χ1v) is 10.1. The van der Waals surface area contributed by atoms with Gasteiger partial charge in [-0.2, -0.15) is 0 Å². The van der Waals surface area contributed by atoms with E-state index >= 15 is 0 Å². The monoisotopic (exact) mass is 398 g/mol. The van der Waals surface area contributed by atoms with Crippen LogP contribution in [-0.4, -0.2) is 58.2 Å². The van der Waals surface area contributed by atoms with Gasteiger partial charge in [-0.15, -0.1) is 0 Å². The summed E-state index contributed by atoms with van der Waals surface area (Å²) in [5, 5.41) is 0. The van der Waals surface area contributed by atoms with E-state index in [2.05, 4.69) is 0 Å². The number of rotatable bonds is 2. The number of piperazine rings is 1. The molecule has 0 bridgehead atoms. The third-order valence-corrected chi connectivity index (χ3v) is 5.90. The Morgan fingerprint density at radius 2 is 1.62 bits per heavy atom. The van der Waals surface area contributed by atoms with E-state index in [1.165, 1.54) is 6.08 Å². The van der Waals surface area contributed by atoms with Crippen molar-refractivity contribution in [3.05, 3.63) is 46.7 Å². The minimum absolute atomic E-state index is 0.0120. The number of hydrogen-bond donors (Lipinski definition) is 0. The van der Waals surface area contributed by atoms with Crippen molar-refractivity contribution in [1.82, 2.24) is 9.80 Å². The van der Waals surface area contributed by atoms with E-state index in [4.69, 9.17) is 4.74 Å². The van der Waals surface area contributed by atoms with Crippen molar-refractivity contribution < 1.29 is 19.1 Å². The molecule has 6 heteroatoms. The van der Waals surface area contributed by atoms with E-state index in [0.29, 0.717) is 18.7 Å². The summed E-state index contributed by atoms with van der Waals surface area (Å²) in [6, 6.07) is 5.52. The van der Waals surface area contributed by atoms with Crippen molar-refractivity contribution in [2.45, 2.75) is 65.6 Å². The van der Waals surface area contributed by atoms with Gasteiger partial charge in [0.25, 0.3) is 11.8 Å². The number of hydrogen-bond acceptors (Lipinski definition) is 4. The lowest BCUT2D eigenvalue weighted by molar-refractivity contribution is -0.142. The zero-order valence-corrected chi connectivity index (χ0v) is 18.1. The summed E-state index contributed by atoms with van der Waals surface area (Å²) >= 11 is 0. The van der Waals surface area contributed by atoms with Crippen LogP contribution in [0.3, 0.4) is 0 Å². The van der Waals surface area contributed by atoms with Crippen LogP contribution >= 0.6 is 0 Å². The highest BCUT2D eigenvalue weighted by atomic mass is 16.5. The topological polar surface area (TPSA) is 66.9 Å². The summed E-state index contributed by atoms with van der Waals surface area (Å²) in [7, 11) is 0. The van der Waals surface area contributed by atoms with Crippen LogP contribution in [0.4, 0.5) is 0 Å². The van der Waals surface area contributed by atoms with Gasteiger partial charge in [-0.1, -0.05) is 17.7 Å². The van der Waals surface area contributed by atoms with E-state index in [1.54, 1.807) is 18.7 Å². The average Bonchev–Trinajstić information content (AvgIpc) is 2.63. The Labute approximate surface area is 172 Å². The molecule has 2 heterocycles. The van der Waals surface area contributed by atoms with Crippen molar-refractivity contribution in [2.24, 2.45) is 0 Å². The lowest BCUT2D eigenvalue weighted by Crippen LogP contribution is -2.61. The molecule has 0 radical (unpaired) electrons. The van der Waals surface area contributed by atoms with Gasteiger partial charge in [0.1, 0.15) is 5.60 Å². The second-order valence-electron chi connectivity index (χ2n) is 8.81. The van der Waals surface area contributed by atoms with Crippen LogP contribution in [0.1, 0.15) is 55.6 Å². The zero-order valence-electron chi connectivity index (χ0n) is 18.1. The van der Waals surface area contributed by atoms with Gasteiger partial charge in [0, 0.05) is 43.2 Å². The number of nitrogens with zero attached hydrogens (tertiary/aromatic N) is 2. The first kappa shape index (κ1) is 21.1. The maximum Gasteiger partial charge on any atom is 0.289 e. The molecule has 1 fully saturated rings. The van der Waals surface area contributed by atoms with Gasteiger partial charge < -0.3 is 14.5 Å². The molecule has 1 aromatic carbocycles. The second kappa shape index (κ2) is 7.65. The molecule has 2 amide bonds. The number of benzene rings is 1. The van der Waals surface area contributed by atoms with Gasteiger partial charge in [0.05, 0.1) is 0 Å². The number of ketones is 1. The minimum atomic E-state index is -0.688. The third kappa shape index (κ3) is 4.21. The highest BCUT2D eigenvalue weighted by Crippen LogP contribution is 2.28. The largest absolute Gasteiger partial charge is 0.481 e. The van der Waals surface area contributed by atoms with Gasteiger partial charge in [0.2, 0.25) is 0 Å². The lowest BCUT2D eigenvalue weighted by atomic mass is 9.97. The summed E-state index contributed by atoms with van der Waals surface area (Å²) in [4.78, 5) is 41.8. The van der Waals surface area contributed by atoms with Crippen LogP contribution in [0.15, 0.2) is 30.0 Å². The van der Waals surface area contributed by atoms with Crippen LogP contribution in [0.25, 0.3) is 0 Å². The predicted molar refractivity (Wildman–Crippen MR) is 110 cm³/mol. The number of ether oxygens (including phenoxy) is 1. The first-order chi connectivity index (χ1) is 13.5. The van der Waals surface area contributed by atoms with Crippen LogP contribution in [0.5, 0.6) is 0 Å². The molecule has 0 saturated carbocycles. The van der Waals surface area contributed by atoms with Crippen LogP contribution in [0.2, 0.25) is 0 Å². The number of amides is 2. The zero-order chi connectivity index (χ0) is 21.5. The summed E-state index contributed by atoms with van der Waals surface area (Å²) in [5.41, 5.74) is 2.00. The summed E-state index contributed by atoms with van der Waals surface area (Å²) in [5.74, 6) is -0.306. The maximum atomic E-state index is 13.2. The molecular formula is C23H30N2O4. The highest BCUT2D eigenvalue weighted by molar-refractivity contribution is 6.02. The standard InChI is InChI=1S/C23H30N2O4/c1-14-7-8-15(2)19(11-14)21(27)24-9-10-25(17(4)16(24)3)22(28)20-12-18(26)13-23(5,6)29-20/h7-8,11-12,16-17H,9-10,13H2,1-6H3/t16-,17-/m1/s1. The van der Waals surface area contributed by atoms with Crippen LogP contribution in [0, 0.1) is 13.8 Å². The molecule has 6 nitrogen and oxygen atoms in total. The molecule has 2 aliphatic rings. The fourth-order valence-corrected chi connectivity index (χ4v) is 4.06. The molecule has 0 unspecified atom stereocenters. The first-order valence-electron chi connectivity index (χ1n) is 10.1. The van der Waals surface area contributed by atoms with Crippen LogP contribution < -0.4 is 0 Å². The van der Waals surface area contributed by atoms with E-state index in [0.717, 1.165) is 11.1 Å². The molecule has 0 N–H and O–H groups in total. The van der Waals surface area contributed by atoms with Crippen molar-refractivity contribution in [3.8, 4) is 0 Å². The van der Waals surface area contributed by atoms with Gasteiger partial charge in [0.15, 0.2) is 11.5 Å². The molecule has 0 spiro atoms. The highest BCUT2D eigenvalue weighted by Gasteiger charge is 2.40. The van der Waals surface area contributed by atoms with E-state index < -0.39 is 5.60 Å². The van der Waals surface area contributed by atoms with E-state index in [1.807, 2.05) is 50.8 Å². The molecule has 29 heavy (non-hydrogen) atoms. The Balaban J connectivity index is 1.78. The maximum absolute atomic E-state index is 13.2. The van der Waals surface area contributed by atoms with Gasteiger partial charge >= 0.3 is 0 Å². The Hall–Kier alpha value is -2.63. The van der Waals surface area contributed by atoms with Crippen LogP contribution in [-0.2, 0) is 14.3 Å². The lowest BCUT2D eigenvalue weighted by Gasteiger charge is -2.45. The fourth-order valence-electron chi connectivity index (χ4n) is 4.06. The Morgan fingerprint density at radius 1 is 1.03 bits per heavy atom. The number of carbonyl (C=O) groups excluding carboxylic acids is 3. The predicted octanol–water partition coefficient (Wildman–Crippen LogP) is 3.02. The molecule has 0 aromatic heterocycles. The Morgan fingerprint density at radius 3 is 2.21 bits per heavy atom. The number of carbonyl (C=O) groups is 3. The second-order valence-corrected chi connectivity index (χ2v) is 8.81. The normalized spacial score (nSPS) is 24.1. The van der Waals surface area contributed by atoms with E-state index in [9.17, 15) is 14.4 Å². The summed E-state index contributed by atoms with van der Waals surface area (Å²) in [6.45, 7) is 12.2. The van der Waals surface area contributed by atoms with Crippen molar-refractivity contribution in [2.75, 3.05) is 13.1 Å². The Bertz CT molecular complexity index is 887. The Kier molecular flexibility index (Phi) is 5.57. The van der Waals surface area contributed by atoms with Gasteiger partial charge in [-0.05, 0) is 53.2 Å². The summed E-state index contributed by atoms with van der Waals surface area (Å²) in [6.07, 6.45) is 1.56. The number of aryl methyl sites for hydroxylation is 2. The molecule has 1 saturated heterocycles. The summed E-state index contributed by atoms with van der Waals surface area (Å²) < 4.78 is 5.78. The number of allylic oxidation sites excluding steroid dienone is 1. The minimum Gasteiger partial charge on any atom is -0.481 e. The van der Waals surface area contributed by atoms with Crippen molar-refractivity contribution in [1.29, 1.82) is 0 Å². The van der Waals surface area contributed by atoms with Crippen molar-refractivity contribution in [3.63, 3.8) is 0 Å². The fraction of sp³-hybridized carbons (Fsp3) is 0.522. The van der Waals surface area contributed by atoms with Gasteiger partial charge in [-0.25, -0.2) is 0 Å². The molecule has 2 atom stereocenters. The average molecular weight is 399 g/mol. The molecule has 3 rings (SSSR count). The van der Waals surface area contributed by atoms with Gasteiger partial charge in [-0.3, -0.25) is 14.4 Å². The smallest absolute Gasteiger partial charge is 0.289 e. The third-order valence-electron chi connectivity index (χ3n) is 5.90.